The van der Waals surface area contributed by atoms with Crippen molar-refractivity contribution in [3.8, 4) is 5.75 Å². The highest BCUT2D eigenvalue weighted by molar-refractivity contribution is 9.10. The second-order valence-electron chi connectivity index (χ2n) is 5.11. The lowest BCUT2D eigenvalue weighted by molar-refractivity contribution is -0.121. The molecule has 8 heteroatoms. The Labute approximate surface area is 155 Å². The molecule has 25 heavy (non-hydrogen) atoms. The highest BCUT2D eigenvalue weighted by Gasteiger charge is 2.13. The summed E-state index contributed by atoms with van der Waals surface area (Å²) in [4.78, 5) is 11.9. The van der Waals surface area contributed by atoms with Crippen LogP contribution >= 0.6 is 15.9 Å². The van der Waals surface area contributed by atoms with Crippen molar-refractivity contribution in [2.24, 2.45) is 0 Å². The van der Waals surface area contributed by atoms with E-state index in [1.165, 1.54) is 12.1 Å². The van der Waals surface area contributed by atoms with E-state index in [4.69, 9.17) is 4.74 Å². The molecular weight excluding hydrogens is 408 g/mol. The minimum absolute atomic E-state index is 0.0315. The predicted molar refractivity (Wildman–Crippen MR) is 98.9 cm³/mol. The molecule has 0 aliphatic heterocycles. The molecule has 0 spiro atoms. The smallest absolute Gasteiger partial charge is 0.240 e. The number of para-hydroxylation sites is 1. The number of hydrogen-bond donors (Lipinski definition) is 2. The maximum atomic E-state index is 12.1. The third-order valence-corrected chi connectivity index (χ3v) is 5.21. The first kappa shape index (κ1) is 19.4. The van der Waals surface area contributed by atoms with Gasteiger partial charge in [-0.25, -0.2) is 13.1 Å². The molecule has 0 unspecified atom stereocenters. The van der Waals surface area contributed by atoms with Crippen LogP contribution in [0.25, 0.3) is 0 Å². The van der Waals surface area contributed by atoms with Crippen LogP contribution in [0.3, 0.4) is 0 Å². The Morgan fingerprint density at radius 3 is 2.36 bits per heavy atom. The number of benzene rings is 2. The fourth-order valence-corrected chi connectivity index (χ4v) is 3.26. The standard InChI is InChI=1S/C17H19BrN2O4S/c18-14-6-8-16(9-7-14)25(22,23)20-11-10-17(21)19-12-13-24-15-4-2-1-3-5-15/h1-9,20H,10-13H2,(H,19,21). The van der Waals surface area contributed by atoms with Gasteiger partial charge < -0.3 is 10.1 Å². The molecule has 2 rings (SSSR count). The van der Waals surface area contributed by atoms with Crippen molar-refractivity contribution in [2.45, 2.75) is 11.3 Å². The number of amides is 1. The fourth-order valence-electron chi connectivity index (χ4n) is 1.96. The number of halogens is 1. The molecule has 0 saturated heterocycles. The van der Waals surface area contributed by atoms with Crippen LogP contribution in [-0.2, 0) is 14.8 Å². The fraction of sp³-hybridized carbons (Fsp3) is 0.235. The summed E-state index contributed by atoms with van der Waals surface area (Å²) >= 11 is 3.25. The Morgan fingerprint density at radius 2 is 1.68 bits per heavy atom. The first-order chi connectivity index (χ1) is 12.0. The lowest BCUT2D eigenvalue weighted by atomic mass is 10.3. The number of rotatable bonds is 9. The molecule has 6 nitrogen and oxygen atoms in total. The summed E-state index contributed by atoms with van der Waals surface area (Å²) in [5.74, 6) is 0.495. The zero-order chi connectivity index (χ0) is 18.1. The van der Waals surface area contributed by atoms with Crippen LogP contribution in [0.15, 0.2) is 64.0 Å². The Hall–Kier alpha value is -1.90. The molecule has 0 bridgehead atoms. The molecular formula is C17H19BrN2O4S. The van der Waals surface area contributed by atoms with Crippen LogP contribution in [0.5, 0.6) is 5.75 Å². The summed E-state index contributed by atoms with van der Waals surface area (Å²) < 4.78 is 32.8. The number of hydrogen-bond acceptors (Lipinski definition) is 4. The van der Waals surface area contributed by atoms with E-state index < -0.39 is 10.0 Å². The van der Waals surface area contributed by atoms with Gasteiger partial charge in [0.25, 0.3) is 0 Å². The van der Waals surface area contributed by atoms with Crippen LogP contribution < -0.4 is 14.8 Å². The third-order valence-electron chi connectivity index (χ3n) is 3.20. The summed E-state index contributed by atoms with van der Waals surface area (Å²) in [6.45, 7) is 0.733. The van der Waals surface area contributed by atoms with Gasteiger partial charge in [-0.05, 0) is 36.4 Å². The SMILES string of the molecule is O=C(CCNS(=O)(=O)c1ccc(Br)cc1)NCCOc1ccccc1. The molecule has 2 aromatic carbocycles. The maximum absolute atomic E-state index is 12.1. The van der Waals surface area contributed by atoms with Crippen molar-refractivity contribution in [1.82, 2.24) is 10.0 Å². The second kappa shape index (κ2) is 9.55. The molecule has 0 saturated carbocycles. The van der Waals surface area contributed by atoms with Crippen LogP contribution in [-0.4, -0.2) is 34.0 Å². The van der Waals surface area contributed by atoms with E-state index in [0.29, 0.717) is 13.2 Å². The normalized spacial score (nSPS) is 11.1. The Kier molecular flexibility index (Phi) is 7.42. The maximum Gasteiger partial charge on any atom is 0.240 e. The quantitative estimate of drug-likeness (QED) is 0.602. The van der Waals surface area contributed by atoms with Gasteiger partial charge in [0.2, 0.25) is 15.9 Å². The molecule has 0 aliphatic carbocycles. The van der Waals surface area contributed by atoms with Gasteiger partial charge in [-0.15, -0.1) is 0 Å². The zero-order valence-electron chi connectivity index (χ0n) is 13.4. The zero-order valence-corrected chi connectivity index (χ0v) is 15.8. The van der Waals surface area contributed by atoms with Crippen molar-refractivity contribution < 1.29 is 17.9 Å². The minimum atomic E-state index is -3.61. The number of ether oxygens (including phenoxy) is 1. The average molecular weight is 427 g/mol. The lowest BCUT2D eigenvalue weighted by Gasteiger charge is -2.09. The van der Waals surface area contributed by atoms with Gasteiger partial charge in [0.1, 0.15) is 12.4 Å². The molecule has 0 fully saturated rings. The number of nitrogens with one attached hydrogen (secondary N) is 2. The number of carbonyl (C=O) groups excluding carboxylic acids is 1. The monoisotopic (exact) mass is 426 g/mol. The van der Waals surface area contributed by atoms with Crippen molar-refractivity contribution >= 4 is 31.9 Å². The lowest BCUT2D eigenvalue weighted by Crippen LogP contribution is -2.32. The molecule has 0 atom stereocenters. The van der Waals surface area contributed by atoms with Crippen LogP contribution in [0.4, 0.5) is 0 Å². The molecule has 2 N–H and O–H groups in total. The van der Waals surface area contributed by atoms with Crippen LogP contribution in [0, 0.1) is 0 Å². The summed E-state index contributed by atoms with van der Waals surface area (Å²) in [5.41, 5.74) is 0. The van der Waals surface area contributed by atoms with Gasteiger partial charge in [0.05, 0.1) is 11.4 Å². The second-order valence-corrected chi connectivity index (χ2v) is 7.80. The van der Waals surface area contributed by atoms with E-state index in [0.717, 1.165) is 10.2 Å². The predicted octanol–water partition coefficient (Wildman–Crippen LogP) is 2.31. The molecule has 0 heterocycles. The highest BCUT2D eigenvalue weighted by atomic mass is 79.9. The van der Waals surface area contributed by atoms with Gasteiger partial charge in [0.15, 0.2) is 0 Å². The summed E-state index contributed by atoms with van der Waals surface area (Å²) in [6.07, 6.45) is 0.0566. The van der Waals surface area contributed by atoms with Gasteiger partial charge >= 0.3 is 0 Å². The first-order valence-electron chi connectivity index (χ1n) is 7.67. The Morgan fingerprint density at radius 1 is 1.00 bits per heavy atom. The molecule has 0 radical (unpaired) electrons. The van der Waals surface area contributed by atoms with Crippen molar-refractivity contribution in [3.05, 3.63) is 59.1 Å². The van der Waals surface area contributed by atoms with Gasteiger partial charge in [-0.1, -0.05) is 34.1 Å². The largest absolute Gasteiger partial charge is 0.492 e. The molecule has 0 aliphatic rings. The van der Waals surface area contributed by atoms with Crippen molar-refractivity contribution in [3.63, 3.8) is 0 Å². The summed E-state index contributed by atoms with van der Waals surface area (Å²) in [5, 5.41) is 2.68. The summed E-state index contributed by atoms with van der Waals surface area (Å²) in [6, 6.07) is 15.6. The highest BCUT2D eigenvalue weighted by Crippen LogP contribution is 2.14. The van der Waals surface area contributed by atoms with E-state index in [1.54, 1.807) is 12.1 Å². The number of sulfonamides is 1. The Balaban J connectivity index is 1.65. The van der Waals surface area contributed by atoms with E-state index >= 15 is 0 Å². The third kappa shape index (κ3) is 6.85. The molecule has 134 valence electrons. The molecule has 2 aromatic rings. The van der Waals surface area contributed by atoms with Gasteiger partial charge in [-0.2, -0.15) is 0 Å². The molecule has 1 amide bonds. The van der Waals surface area contributed by atoms with Crippen molar-refractivity contribution in [1.29, 1.82) is 0 Å². The minimum Gasteiger partial charge on any atom is -0.492 e. The first-order valence-corrected chi connectivity index (χ1v) is 9.95. The van der Waals surface area contributed by atoms with Gasteiger partial charge in [-0.3, -0.25) is 4.79 Å². The van der Waals surface area contributed by atoms with Crippen molar-refractivity contribution in [2.75, 3.05) is 19.7 Å². The van der Waals surface area contributed by atoms with Crippen LogP contribution in [0.1, 0.15) is 6.42 Å². The number of carbonyl (C=O) groups is 1. The van der Waals surface area contributed by atoms with E-state index in [-0.39, 0.29) is 23.8 Å². The Bertz CT molecular complexity index is 780. The van der Waals surface area contributed by atoms with E-state index in [1.807, 2.05) is 30.3 Å². The topological polar surface area (TPSA) is 84.5 Å². The molecule has 0 aromatic heterocycles. The van der Waals surface area contributed by atoms with Gasteiger partial charge in [0, 0.05) is 17.4 Å². The van der Waals surface area contributed by atoms with Crippen LogP contribution in [0.2, 0.25) is 0 Å². The average Bonchev–Trinajstić information content (AvgIpc) is 2.60. The summed E-state index contributed by atoms with van der Waals surface area (Å²) in [7, 11) is -3.61. The van der Waals surface area contributed by atoms with E-state index in [2.05, 4.69) is 26.0 Å². The van der Waals surface area contributed by atoms with E-state index in [9.17, 15) is 13.2 Å².